The number of hydrogen-bond acceptors (Lipinski definition) is 5. The van der Waals surface area contributed by atoms with Gasteiger partial charge < -0.3 is 9.64 Å². The van der Waals surface area contributed by atoms with Crippen LogP contribution in [0.15, 0.2) is 0 Å². The van der Waals surface area contributed by atoms with E-state index < -0.39 is 0 Å². The van der Waals surface area contributed by atoms with Crippen LogP contribution < -0.4 is 0 Å². The zero-order chi connectivity index (χ0) is 14.8. The van der Waals surface area contributed by atoms with Crippen LogP contribution >= 0.6 is 11.8 Å². The first-order valence-electron chi connectivity index (χ1n) is 7.32. The lowest BCUT2D eigenvalue weighted by Crippen LogP contribution is -2.49. The Morgan fingerprint density at radius 3 is 2.50 bits per heavy atom. The summed E-state index contributed by atoms with van der Waals surface area (Å²) < 4.78 is 4.63. The number of methoxy groups -OCH3 is 1. The summed E-state index contributed by atoms with van der Waals surface area (Å²) in [4.78, 5) is 27.2. The van der Waals surface area contributed by atoms with Gasteiger partial charge in [-0.3, -0.25) is 14.5 Å². The molecule has 0 spiro atoms. The number of nitrogens with zero attached hydrogens (tertiary/aromatic N) is 2. The largest absolute Gasteiger partial charge is 0.469 e. The Balaban J connectivity index is 2.14. The van der Waals surface area contributed by atoms with Crippen molar-refractivity contribution in [2.24, 2.45) is 0 Å². The van der Waals surface area contributed by atoms with Gasteiger partial charge in [-0.05, 0) is 12.2 Å². The lowest BCUT2D eigenvalue weighted by Gasteiger charge is -2.34. The maximum atomic E-state index is 12.0. The summed E-state index contributed by atoms with van der Waals surface area (Å²) in [5, 5.41) is 0. The highest BCUT2D eigenvalue weighted by molar-refractivity contribution is 7.99. The van der Waals surface area contributed by atoms with Crippen LogP contribution in [0.5, 0.6) is 0 Å². The number of hydrogen-bond donors (Lipinski definition) is 0. The van der Waals surface area contributed by atoms with Crippen LogP contribution in [0.4, 0.5) is 0 Å². The van der Waals surface area contributed by atoms with Crippen LogP contribution in [0, 0.1) is 0 Å². The van der Waals surface area contributed by atoms with E-state index >= 15 is 0 Å². The number of carbonyl (C=O) groups excluding carboxylic acids is 2. The molecule has 0 bridgehead atoms. The summed E-state index contributed by atoms with van der Waals surface area (Å²) in [5.74, 6) is 1.75. The van der Waals surface area contributed by atoms with E-state index in [2.05, 4.69) is 16.6 Å². The molecule has 1 fully saturated rings. The molecule has 0 aromatic carbocycles. The number of esters is 1. The third-order valence-electron chi connectivity index (χ3n) is 3.45. The number of ether oxygens (including phenoxy) is 1. The predicted octanol–water partition coefficient (Wildman–Crippen LogP) is 1.23. The van der Waals surface area contributed by atoms with Crippen molar-refractivity contribution in [3.8, 4) is 0 Å². The molecule has 0 aromatic heterocycles. The summed E-state index contributed by atoms with van der Waals surface area (Å²) >= 11 is 1.73. The second-order valence-corrected chi connectivity index (χ2v) is 6.06. The molecule has 0 aliphatic carbocycles. The Morgan fingerprint density at radius 1 is 1.20 bits per heavy atom. The molecular weight excluding hydrogens is 276 g/mol. The van der Waals surface area contributed by atoms with Crippen LogP contribution in [0.2, 0.25) is 0 Å². The second-order valence-electron chi connectivity index (χ2n) is 4.95. The SMILES string of the molecule is CCCCSCC(=O)N1CCN(CCC(=O)OC)CC1. The van der Waals surface area contributed by atoms with Crippen molar-refractivity contribution < 1.29 is 14.3 Å². The van der Waals surface area contributed by atoms with Crippen molar-refractivity contribution in [2.75, 3.05) is 51.3 Å². The molecule has 1 aliphatic rings. The van der Waals surface area contributed by atoms with Crippen molar-refractivity contribution in [2.45, 2.75) is 26.2 Å². The molecular formula is C14H26N2O3S. The molecule has 0 aromatic rings. The fourth-order valence-electron chi connectivity index (χ4n) is 2.07. The fraction of sp³-hybridized carbons (Fsp3) is 0.857. The van der Waals surface area contributed by atoms with Gasteiger partial charge >= 0.3 is 5.97 Å². The molecule has 0 unspecified atom stereocenters. The summed E-state index contributed by atoms with van der Waals surface area (Å²) in [6.07, 6.45) is 2.79. The molecule has 20 heavy (non-hydrogen) atoms. The topological polar surface area (TPSA) is 49.9 Å². The maximum absolute atomic E-state index is 12.0. The highest BCUT2D eigenvalue weighted by atomic mass is 32.2. The Kier molecular flexibility index (Phi) is 8.69. The Morgan fingerprint density at radius 2 is 1.90 bits per heavy atom. The molecule has 1 rings (SSSR count). The van der Waals surface area contributed by atoms with E-state index in [1.807, 2.05) is 4.90 Å². The van der Waals surface area contributed by atoms with Gasteiger partial charge in [0.15, 0.2) is 0 Å². The summed E-state index contributed by atoms with van der Waals surface area (Å²) in [5.41, 5.74) is 0. The number of carbonyl (C=O) groups is 2. The zero-order valence-corrected chi connectivity index (χ0v) is 13.4. The third kappa shape index (κ3) is 6.61. The highest BCUT2D eigenvalue weighted by Crippen LogP contribution is 2.09. The van der Waals surface area contributed by atoms with Crippen LogP contribution in [0.1, 0.15) is 26.2 Å². The molecule has 0 saturated carbocycles. The van der Waals surface area contributed by atoms with Gasteiger partial charge in [0.05, 0.1) is 19.3 Å². The smallest absolute Gasteiger partial charge is 0.306 e. The lowest BCUT2D eigenvalue weighted by molar-refractivity contribution is -0.141. The monoisotopic (exact) mass is 302 g/mol. The van der Waals surface area contributed by atoms with Crippen molar-refractivity contribution >= 4 is 23.6 Å². The Hall–Kier alpha value is -0.750. The number of amides is 1. The molecule has 116 valence electrons. The van der Waals surface area contributed by atoms with Crippen LogP contribution in [-0.2, 0) is 14.3 Å². The Bertz CT molecular complexity index is 305. The van der Waals surface area contributed by atoms with Crippen LogP contribution in [0.3, 0.4) is 0 Å². The van der Waals surface area contributed by atoms with E-state index in [1.165, 1.54) is 20.0 Å². The van der Waals surface area contributed by atoms with Crippen molar-refractivity contribution in [1.82, 2.24) is 9.80 Å². The molecule has 0 radical (unpaired) electrons. The molecule has 1 amide bonds. The van der Waals surface area contributed by atoms with E-state index in [-0.39, 0.29) is 11.9 Å². The minimum absolute atomic E-state index is 0.171. The van der Waals surface area contributed by atoms with Gasteiger partial charge in [-0.25, -0.2) is 0 Å². The zero-order valence-electron chi connectivity index (χ0n) is 12.6. The molecule has 5 nitrogen and oxygen atoms in total. The first-order chi connectivity index (χ1) is 9.67. The van der Waals surface area contributed by atoms with Gasteiger partial charge in [-0.1, -0.05) is 13.3 Å². The standard InChI is InChI=1S/C14H26N2O3S/c1-3-4-11-20-12-13(17)16-9-7-15(8-10-16)6-5-14(18)19-2/h3-12H2,1-2H3. The van der Waals surface area contributed by atoms with Crippen LogP contribution in [-0.4, -0.2) is 73.0 Å². The van der Waals surface area contributed by atoms with E-state index in [4.69, 9.17) is 0 Å². The van der Waals surface area contributed by atoms with Crippen LogP contribution in [0.25, 0.3) is 0 Å². The highest BCUT2D eigenvalue weighted by Gasteiger charge is 2.21. The van der Waals surface area contributed by atoms with Crippen molar-refractivity contribution in [1.29, 1.82) is 0 Å². The minimum atomic E-state index is -0.171. The summed E-state index contributed by atoms with van der Waals surface area (Å²) in [7, 11) is 1.41. The average Bonchev–Trinajstić information content (AvgIpc) is 2.49. The average molecular weight is 302 g/mol. The molecule has 1 heterocycles. The van der Waals surface area contributed by atoms with Gasteiger partial charge in [0.2, 0.25) is 5.91 Å². The second kappa shape index (κ2) is 10.0. The third-order valence-corrected chi connectivity index (χ3v) is 4.48. The maximum Gasteiger partial charge on any atom is 0.306 e. The van der Waals surface area contributed by atoms with Gasteiger partial charge in [0.1, 0.15) is 0 Å². The minimum Gasteiger partial charge on any atom is -0.469 e. The Labute approximate surface area is 126 Å². The number of unbranched alkanes of at least 4 members (excludes halogenated alkanes) is 1. The van der Waals surface area contributed by atoms with Gasteiger partial charge in [0.25, 0.3) is 0 Å². The lowest BCUT2D eigenvalue weighted by atomic mass is 10.3. The number of thioether (sulfide) groups is 1. The first-order valence-corrected chi connectivity index (χ1v) is 8.47. The molecule has 6 heteroatoms. The summed E-state index contributed by atoms with van der Waals surface area (Å²) in [6, 6.07) is 0. The van der Waals surface area contributed by atoms with Gasteiger partial charge in [-0.15, -0.1) is 0 Å². The molecule has 0 atom stereocenters. The normalized spacial score (nSPS) is 16.2. The molecule has 0 N–H and O–H groups in total. The first kappa shape index (κ1) is 17.3. The van der Waals surface area contributed by atoms with Crippen molar-refractivity contribution in [3.63, 3.8) is 0 Å². The van der Waals surface area contributed by atoms with E-state index in [1.54, 1.807) is 11.8 Å². The number of piperazine rings is 1. The number of rotatable bonds is 8. The van der Waals surface area contributed by atoms with Gasteiger partial charge in [0, 0.05) is 32.7 Å². The quantitative estimate of drug-likeness (QED) is 0.498. The summed E-state index contributed by atoms with van der Waals surface area (Å²) in [6.45, 7) is 6.13. The van der Waals surface area contributed by atoms with E-state index in [9.17, 15) is 9.59 Å². The predicted molar refractivity (Wildman–Crippen MR) is 81.9 cm³/mol. The van der Waals surface area contributed by atoms with E-state index in [0.29, 0.717) is 12.2 Å². The van der Waals surface area contributed by atoms with Gasteiger partial charge in [-0.2, -0.15) is 11.8 Å². The molecule has 1 saturated heterocycles. The molecule has 1 aliphatic heterocycles. The fourth-order valence-corrected chi connectivity index (χ4v) is 3.06. The van der Waals surface area contributed by atoms with Crippen molar-refractivity contribution in [3.05, 3.63) is 0 Å². The van der Waals surface area contributed by atoms with E-state index in [0.717, 1.165) is 38.5 Å².